The van der Waals surface area contributed by atoms with E-state index in [0.29, 0.717) is 6.54 Å². The lowest BCUT2D eigenvalue weighted by Crippen LogP contribution is -2.49. The van der Waals surface area contributed by atoms with Crippen LogP contribution in [0.3, 0.4) is 0 Å². The van der Waals surface area contributed by atoms with Crippen molar-refractivity contribution in [2.75, 3.05) is 0 Å². The zero-order chi connectivity index (χ0) is 15.7. The third-order valence-electron chi connectivity index (χ3n) is 3.73. The highest BCUT2D eigenvalue weighted by atomic mass is 32.1. The van der Waals surface area contributed by atoms with Crippen LogP contribution in [0.15, 0.2) is 6.20 Å². The van der Waals surface area contributed by atoms with Gasteiger partial charge in [-0.25, -0.2) is 9.78 Å². The number of urea groups is 1. The molecule has 6 heteroatoms. The van der Waals surface area contributed by atoms with E-state index >= 15 is 0 Å². The third-order valence-corrected chi connectivity index (χ3v) is 4.87. The highest BCUT2D eigenvalue weighted by Gasteiger charge is 2.46. The second kappa shape index (κ2) is 5.93. The van der Waals surface area contributed by atoms with Crippen LogP contribution in [0.4, 0.5) is 4.79 Å². The number of nitrogens with zero attached hydrogens (tertiary/aromatic N) is 1. The number of carbonyl (C=O) groups excluding carboxylic acids is 1. The van der Waals surface area contributed by atoms with Crippen molar-refractivity contribution in [3.05, 3.63) is 16.1 Å². The molecule has 0 aliphatic carbocycles. The molecular formula is C15H25N3O2S. The fourth-order valence-electron chi connectivity index (χ4n) is 2.75. The van der Waals surface area contributed by atoms with E-state index in [4.69, 9.17) is 4.74 Å². The number of ether oxygens (including phenoxy) is 1. The van der Waals surface area contributed by atoms with Gasteiger partial charge in [0.05, 0.1) is 23.8 Å². The van der Waals surface area contributed by atoms with E-state index in [1.807, 2.05) is 20.0 Å². The largest absolute Gasteiger partial charge is 0.367 e. The Morgan fingerprint density at radius 1 is 1.48 bits per heavy atom. The first-order valence-corrected chi connectivity index (χ1v) is 8.21. The van der Waals surface area contributed by atoms with E-state index < -0.39 is 0 Å². The number of hydrogen-bond donors (Lipinski definition) is 2. The topological polar surface area (TPSA) is 63.2 Å². The summed E-state index contributed by atoms with van der Waals surface area (Å²) >= 11 is 1.64. The van der Waals surface area contributed by atoms with Crippen LogP contribution in [0.25, 0.3) is 0 Å². The highest BCUT2D eigenvalue weighted by Crippen LogP contribution is 2.37. The minimum absolute atomic E-state index is 0.00926. The number of amides is 2. The Kier molecular flexibility index (Phi) is 4.58. The third kappa shape index (κ3) is 4.17. The number of aromatic nitrogens is 1. The summed E-state index contributed by atoms with van der Waals surface area (Å²) in [5, 5.41) is 6.82. The van der Waals surface area contributed by atoms with E-state index in [-0.39, 0.29) is 23.3 Å². The first-order valence-electron chi connectivity index (χ1n) is 7.40. The van der Waals surface area contributed by atoms with Crippen molar-refractivity contribution in [1.82, 2.24) is 15.6 Å². The summed E-state index contributed by atoms with van der Waals surface area (Å²) < 4.78 is 5.98. The molecule has 118 valence electrons. The number of nitrogens with one attached hydrogen (secondary N) is 2. The van der Waals surface area contributed by atoms with Gasteiger partial charge in [0.2, 0.25) is 0 Å². The van der Waals surface area contributed by atoms with Crippen molar-refractivity contribution in [1.29, 1.82) is 0 Å². The van der Waals surface area contributed by atoms with Gasteiger partial charge in [-0.2, -0.15) is 0 Å². The number of thiazole rings is 1. The lowest BCUT2D eigenvalue weighted by atomic mass is 9.95. The zero-order valence-electron chi connectivity index (χ0n) is 13.4. The van der Waals surface area contributed by atoms with Crippen molar-refractivity contribution in [2.24, 2.45) is 0 Å². The van der Waals surface area contributed by atoms with E-state index in [9.17, 15) is 4.79 Å². The van der Waals surface area contributed by atoms with Crippen molar-refractivity contribution in [3.63, 3.8) is 0 Å². The van der Waals surface area contributed by atoms with Crippen LogP contribution in [0.2, 0.25) is 0 Å². The van der Waals surface area contributed by atoms with E-state index in [1.54, 1.807) is 11.3 Å². The first kappa shape index (κ1) is 16.2. The van der Waals surface area contributed by atoms with Gasteiger partial charge in [-0.05, 0) is 40.5 Å². The van der Waals surface area contributed by atoms with Crippen LogP contribution in [0.5, 0.6) is 0 Å². The van der Waals surface area contributed by atoms with Gasteiger partial charge in [-0.1, -0.05) is 6.92 Å². The molecule has 2 amide bonds. The molecule has 2 rings (SSSR count). The molecule has 2 heterocycles. The Hall–Kier alpha value is -1.14. The fraction of sp³-hybridized carbons (Fsp3) is 0.733. The Morgan fingerprint density at radius 2 is 2.19 bits per heavy atom. The second-order valence-electron chi connectivity index (χ2n) is 6.62. The zero-order valence-corrected chi connectivity index (χ0v) is 14.3. The van der Waals surface area contributed by atoms with Crippen molar-refractivity contribution in [3.8, 4) is 0 Å². The molecule has 0 spiro atoms. The summed E-state index contributed by atoms with van der Waals surface area (Å²) in [6, 6.07) is -0.155. The van der Waals surface area contributed by atoms with Crippen LogP contribution in [-0.2, 0) is 17.7 Å². The van der Waals surface area contributed by atoms with Crippen LogP contribution < -0.4 is 10.6 Å². The van der Waals surface area contributed by atoms with E-state index in [2.05, 4.69) is 36.4 Å². The number of rotatable bonds is 4. The van der Waals surface area contributed by atoms with Crippen LogP contribution in [-0.4, -0.2) is 28.3 Å². The van der Waals surface area contributed by atoms with Gasteiger partial charge in [-0.15, -0.1) is 11.3 Å². The molecule has 1 fully saturated rings. The van der Waals surface area contributed by atoms with Gasteiger partial charge in [0.1, 0.15) is 5.01 Å². The maximum Gasteiger partial charge on any atom is 0.315 e. The van der Waals surface area contributed by atoms with Gasteiger partial charge in [-0.3, -0.25) is 0 Å². The second-order valence-corrected chi connectivity index (χ2v) is 7.82. The van der Waals surface area contributed by atoms with Crippen LogP contribution >= 0.6 is 11.3 Å². The van der Waals surface area contributed by atoms with Gasteiger partial charge in [0, 0.05) is 11.1 Å². The summed E-state index contributed by atoms with van der Waals surface area (Å²) in [6.45, 7) is 10.7. The highest BCUT2D eigenvalue weighted by molar-refractivity contribution is 7.11. The Morgan fingerprint density at radius 3 is 2.71 bits per heavy atom. The van der Waals surface area contributed by atoms with Gasteiger partial charge in [0.25, 0.3) is 0 Å². The molecule has 0 aromatic carbocycles. The Balaban J connectivity index is 1.84. The Labute approximate surface area is 130 Å². The molecule has 1 aromatic rings. The predicted molar refractivity (Wildman–Crippen MR) is 84.5 cm³/mol. The molecule has 5 nitrogen and oxygen atoms in total. The molecule has 1 atom stereocenters. The van der Waals surface area contributed by atoms with Crippen molar-refractivity contribution in [2.45, 2.75) is 71.2 Å². The molecule has 1 aromatic heterocycles. The van der Waals surface area contributed by atoms with Gasteiger partial charge < -0.3 is 15.4 Å². The molecule has 2 N–H and O–H groups in total. The van der Waals surface area contributed by atoms with Gasteiger partial charge in [0.15, 0.2) is 0 Å². The number of carbonyl (C=O) groups is 1. The minimum Gasteiger partial charge on any atom is -0.367 e. The number of hydrogen-bond acceptors (Lipinski definition) is 4. The summed E-state index contributed by atoms with van der Waals surface area (Å²) in [6.07, 6.45) is 3.66. The lowest BCUT2D eigenvalue weighted by Gasteiger charge is -2.27. The van der Waals surface area contributed by atoms with Crippen molar-refractivity contribution < 1.29 is 9.53 Å². The lowest BCUT2D eigenvalue weighted by molar-refractivity contribution is -0.0690. The minimum atomic E-state index is -0.350. The maximum atomic E-state index is 12.0. The molecule has 1 aliphatic heterocycles. The standard InChI is InChI=1S/C15H25N3O2S/c1-6-10-8-16-12(21-10)9-17-13(19)18-11-7-14(2,3)20-15(11,4)5/h8,11H,6-7,9H2,1-5H3,(H2,17,18,19). The maximum absolute atomic E-state index is 12.0. The molecule has 0 radical (unpaired) electrons. The smallest absolute Gasteiger partial charge is 0.315 e. The molecular weight excluding hydrogens is 286 g/mol. The average molecular weight is 311 g/mol. The van der Waals surface area contributed by atoms with E-state index in [1.165, 1.54) is 4.88 Å². The molecule has 1 aliphatic rings. The summed E-state index contributed by atoms with van der Waals surface area (Å²) in [5.74, 6) is 0. The average Bonchev–Trinajstić information content (AvgIpc) is 2.89. The summed E-state index contributed by atoms with van der Waals surface area (Å²) in [4.78, 5) is 17.6. The SMILES string of the molecule is CCc1cnc(CNC(=O)NC2CC(C)(C)OC2(C)C)s1. The predicted octanol–water partition coefficient (Wildman–Crippen LogP) is 2.85. The van der Waals surface area contributed by atoms with Gasteiger partial charge >= 0.3 is 6.03 Å². The van der Waals surface area contributed by atoms with Crippen LogP contribution in [0.1, 0.15) is 50.9 Å². The summed E-state index contributed by atoms with van der Waals surface area (Å²) in [7, 11) is 0. The fourth-order valence-corrected chi connectivity index (χ4v) is 3.55. The molecule has 0 bridgehead atoms. The normalized spacial score (nSPS) is 23.0. The molecule has 1 saturated heterocycles. The van der Waals surface area contributed by atoms with Crippen LogP contribution in [0, 0.1) is 0 Å². The quantitative estimate of drug-likeness (QED) is 0.899. The van der Waals surface area contributed by atoms with E-state index in [0.717, 1.165) is 17.8 Å². The Bertz CT molecular complexity index is 511. The van der Waals surface area contributed by atoms with Crippen molar-refractivity contribution >= 4 is 17.4 Å². The molecule has 21 heavy (non-hydrogen) atoms. The first-order chi connectivity index (χ1) is 9.72. The summed E-state index contributed by atoms with van der Waals surface area (Å²) in [5.41, 5.74) is -0.551. The molecule has 0 saturated carbocycles. The number of aryl methyl sites for hydroxylation is 1. The molecule has 1 unspecified atom stereocenters. The monoisotopic (exact) mass is 311 g/mol.